The zero-order valence-electron chi connectivity index (χ0n) is 18.2. The van der Waals surface area contributed by atoms with Crippen molar-refractivity contribution in [3.05, 3.63) is 76.4 Å². The maximum Gasteiger partial charge on any atom is 0.222 e. The summed E-state index contributed by atoms with van der Waals surface area (Å²) in [6, 6.07) is 8.87. The molecule has 5 nitrogen and oxygen atoms in total. The van der Waals surface area contributed by atoms with Crippen molar-refractivity contribution < 1.29 is 17.4 Å². The fraction of sp³-hybridized carbons (Fsp3) is 0.174. The average molecular weight is 523 g/mol. The Bertz CT molecular complexity index is 1390. The van der Waals surface area contributed by atoms with Gasteiger partial charge in [-0.25, -0.2) is 32.3 Å². The van der Waals surface area contributed by atoms with Crippen molar-refractivity contribution in [2.24, 2.45) is 0 Å². The topological polar surface area (TPSA) is 67.8 Å². The fourth-order valence-electron chi connectivity index (χ4n) is 3.03. The van der Waals surface area contributed by atoms with E-state index < -0.39 is 33.3 Å². The van der Waals surface area contributed by atoms with Crippen LogP contribution in [0.4, 0.5) is 18.9 Å². The second-order valence-corrected chi connectivity index (χ2v) is 10.8. The summed E-state index contributed by atoms with van der Waals surface area (Å²) in [6.07, 6.45) is 1.52. The quantitative estimate of drug-likeness (QED) is 0.294. The number of benzene rings is 2. The third-order valence-electron chi connectivity index (χ3n) is 4.67. The predicted molar refractivity (Wildman–Crippen MR) is 129 cm³/mol. The van der Waals surface area contributed by atoms with Gasteiger partial charge in [-0.2, -0.15) is 0 Å². The molecule has 0 bridgehead atoms. The molecule has 4 rings (SSSR count). The van der Waals surface area contributed by atoms with Crippen LogP contribution in [-0.4, -0.2) is 19.2 Å². The Labute approximate surface area is 205 Å². The average Bonchev–Trinajstić information content (AvgIpc) is 3.21. The van der Waals surface area contributed by atoms with Gasteiger partial charge in [-0.15, -0.1) is 11.3 Å². The summed E-state index contributed by atoms with van der Waals surface area (Å²) in [4.78, 5) is 12.9. The van der Waals surface area contributed by atoms with E-state index in [9.17, 15) is 17.4 Å². The van der Waals surface area contributed by atoms with E-state index in [0.29, 0.717) is 21.8 Å². The van der Waals surface area contributed by atoms with Crippen LogP contribution >= 0.6 is 22.9 Å². The van der Waals surface area contributed by atoms with Crippen LogP contribution in [-0.2, 0) is 16.4 Å². The van der Waals surface area contributed by atoms with Crippen molar-refractivity contribution in [3.8, 4) is 21.8 Å². The zero-order chi connectivity index (χ0) is 24.6. The van der Waals surface area contributed by atoms with Crippen molar-refractivity contribution in [1.82, 2.24) is 15.0 Å². The molecule has 2 aromatic carbocycles. The van der Waals surface area contributed by atoms with Gasteiger partial charge < -0.3 is 0 Å². The molecule has 0 spiro atoms. The van der Waals surface area contributed by atoms with Crippen LogP contribution < -0.4 is 4.72 Å². The Hall–Kier alpha value is -2.82. The Balaban J connectivity index is 1.80. The van der Waals surface area contributed by atoms with Gasteiger partial charge in [0.15, 0.2) is 11.0 Å². The van der Waals surface area contributed by atoms with E-state index in [0.717, 1.165) is 23.2 Å². The van der Waals surface area contributed by atoms with Crippen LogP contribution in [0.25, 0.3) is 21.8 Å². The number of nitrogens with zero attached hydrogens (tertiary/aromatic N) is 3. The Morgan fingerprint density at radius 3 is 2.35 bits per heavy atom. The lowest BCUT2D eigenvalue weighted by atomic mass is 9.98. The summed E-state index contributed by atoms with van der Waals surface area (Å²) in [5.41, 5.74) is 1.07. The molecule has 0 aliphatic rings. The van der Waals surface area contributed by atoms with Crippen LogP contribution in [0.15, 0.2) is 53.6 Å². The van der Waals surface area contributed by atoms with Gasteiger partial charge >= 0.3 is 0 Å². The lowest BCUT2D eigenvalue weighted by Gasteiger charge is -2.13. The first-order chi connectivity index (χ1) is 16.0. The summed E-state index contributed by atoms with van der Waals surface area (Å²) >= 11 is 7.40. The monoisotopic (exact) mass is 522 g/mol. The van der Waals surface area contributed by atoms with Crippen LogP contribution in [0, 0.1) is 17.5 Å². The minimum Gasteiger partial charge on any atom is -0.298 e. The van der Waals surface area contributed by atoms with Crippen molar-refractivity contribution in [3.63, 3.8) is 0 Å². The molecule has 11 heteroatoms. The molecule has 176 valence electrons. The highest BCUT2D eigenvalue weighted by molar-refractivity contribution is 7.86. The second kappa shape index (κ2) is 9.44. The molecular weight excluding hydrogens is 505 g/mol. The maximum atomic E-state index is 14.6. The Morgan fingerprint density at radius 1 is 1.00 bits per heavy atom. The maximum absolute atomic E-state index is 14.6. The van der Waals surface area contributed by atoms with E-state index in [2.05, 4.69) is 14.7 Å². The van der Waals surface area contributed by atoms with E-state index in [-0.39, 0.29) is 16.4 Å². The molecule has 0 aliphatic heterocycles. The lowest BCUT2D eigenvalue weighted by Crippen LogP contribution is -2.10. The molecule has 0 amide bonds. The van der Waals surface area contributed by atoms with Gasteiger partial charge in [-0.3, -0.25) is 4.72 Å². The third kappa shape index (κ3) is 4.98. The smallest absolute Gasteiger partial charge is 0.222 e. The van der Waals surface area contributed by atoms with Crippen molar-refractivity contribution >= 4 is 39.6 Å². The first-order valence-corrected chi connectivity index (χ1v) is 12.3. The van der Waals surface area contributed by atoms with Gasteiger partial charge in [-0.05, 0) is 48.0 Å². The normalized spacial score (nSPS) is 12.6. The van der Waals surface area contributed by atoms with Crippen LogP contribution in [0.3, 0.4) is 0 Å². The number of halogens is 4. The molecule has 1 unspecified atom stereocenters. The van der Waals surface area contributed by atoms with Crippen molar-refractivity contribution in [1.29, 1.82) is 0 Å². The van der Waals surface area contributed by atoms with Gasteiger partial charge in [-0.1, -0.05) is 26.8 Å². The highest BCUT2D eigenvalue weighted by atomic mass is 35.5. The van der Waals surface area contributed by atoms with Crippen LogP contribution in [0.2, 0.25) is 5.28 Å². The molecule has 0 radical (unpaired) electrons. The Kier molecular flexibility index (Phi) is 6.75. The first-order valence-electron chi connectivity index (χ1n) is 9.97. The van der Waals surface area contributed by atoms with Crippen molar-refractivity contribution in [2.75, 3.05) is 4.72 Å². The first kappa shape index (κ1) is 24.3. The number of nitrogens with one attached hydrogen (secondary N) is 1. The number of hydrogen-bond donors (Lipinski definition) is 1. The standard InChI is InChI=1S/C23H18ClF3N4OS2/c1-23(2,3)21-30-18(19(33-21)16-9-10-28-22(24)29-16)12-7-8-13(25)17(11-12)31-34(32)20-14(26)5-4-6-15(20)27/h4-11,31H,1-3H3. The number of thiazole rings is 1. The molecule has 1 atom stereocenters. The highest BCUT2D eigenvalue weighted by Crippen LogP contribution is 2.41. The molecule has 1 N–H and O–H groups in total. The van der Waals surface area contributed by atoms with Crippen LogP contribution in [0.5, 0.6) is 0 Å². The number of hydrogen-bond acceptors (Lipinski definition) is 5. The van der Waals surface area contributed by atoms with Crippen LogP contribution in [0.1, 0.15) is 25.8 Å². The van der Waals surface area contributed by atoms with Gasteiger partial charge in [0, 0.05) is 17.2 Å². The molecule has 2 heterocycles. The number of aromatic nitrogens is 3. The molecule has 2 aromatic heterocycles. The number of anilines is 1. The molecule has 0 fully saturated rings. The van der Waals surface area contributed by atoms with E-state index in [1.54, 1.807) is 6.07 Å². The largest absolute Gasteiger partial charge is 0.298 e. The molecule has 0 aliphatic carbocycles. The zero-order valence-corrected chi connectivity index (χ0v) is 20.6. The van der Waals surface area contributed by atoms with Crippen molar-refractivity contribution in [2.45, 2.75) is 31.1 Å². The molecule has 0 saturated heterocycles. The Morgan fingerprint density at radius 2 is 1.71 bits per heavy atom. The summed E-state index contributed by atoms with van der Waals surface area (Å²) in [6.45, 7) is 6.03. The minimum atomic E-state index is -2.38. The molecule has 34 heavy (non-hydrogen) atoms. The van der Waals surface area contributed by atoms with E-state index in [4.69, 9.17) is 16.6 Å². The summed E-state index contributed by atoms with van der Waals surface area (Å²) in [5, 5.41) is 0.876. The van der Waals surface area contributed by atoms with Gasteiger partial charge in [0.25, 0.3) is 0 Å². The lowest BCUT2D eigenvalue weighted by molar-refractivity contribution is 0.535. The van der Waals surface area contributed by atoms with E-state index >= 15 is 0 Å². The predicted octanol–water partition coefficient (Wildman–Crippen LogP) is 6.77. The SMILES string of the molecule is CC(C)(C)c1nc(-c2ccc(F)c(NS(=O)c3c(F)cccc3F)c2)c(-c2ccnc(Cl)n2)s1. The highest BCUT2D eigenvalue weighted by Gasteiger charge is 2.25. The summed E-state index contributed by atoms with van der Waals surface area (Å²) in [5.74, 6) is -2.74. The molecule has 4 aromatic rings. The molecule has 0 saturated carbocycles. The summed E-state index contributed by atoms with van der Waals surface area (Å²) in [7, 11) is -2.38. The van der Waals surface area contributed by atoms with Gasteiger partial charge in [0.05, 0.1) is 27.0 Å². The van der Waals surface area contributed by atoms with Gasteiger partial charge in [0.2, 0.25) is 5.28 Å². The van der Waals surface area contributed by atoms with E-state index in [1.165, 1.54) is 35.7 Å². The van der Waals surface area contributed by atoms with Gasteiger partial charge in [0.1, 0.15) is 22.3 Å². The van der Waals surface area contributed by atoms with E-state index in [1.807, 2.05) is 20.8 Å². The second-order valence-electron chi connectivity index (χ2n) is 8.27. The molecular formula is C23H18ClF3N4OS2. The third-order valence-corrected chi connectivity index (χ3v) is 7.53. The fourth-order valence-corrected chi connectivity index (χ4v) is 5.24. The minimum absolute atomic E-state index is 0.0675. The number of rotatable bonds is 5. The summed E-state index contributed by atoms with van der Waals surface area (Å²) < 4.78 is 57.7.